The Labute approximate surface area is 75.4 Å². The average Bonchev–Trinajstić information content (AvgIpc) is 2.87. The number of hydrogen-bond donors (Lipinski definition) is 2. The molecular formula is C10H21NO. The van der Waals surface area contributed by atoms with Gasteiger partial charge in [-0.2, -0.15) is 0 Å². The molecule has 1 atom stereocenters. The zero-order chi connectivity index (χ0) is 8.81. The molecule has 0 aliphatic heterocycles. The highest BCUT2D eigenvalue weighted by Crippen LogP contribution is 2.27. The quantitative estimate of drug-likeness (QED) is 0.567. The van der Waals surface area contributed by atoms with E-state index in [4.69, 9.17) is 5.11 Å². The Morgan fingerprint density at radius 2 is 2.25 bits per heavy atom. The van der Waals surface area contributed by atoms with Crippen molar-refractivity contribution in [2.45, 2.75) is 32.6 Å². The van der Waals surface area contributed by atoms with E-state index >= 15 is 0 Å². The van der Waals surface area contributed by atoms with Crippen LogP contribution < -0.4 is 5.32 Å². The molecule has 1 rings (SSSR count). The largest absolute Gasteiger partial charge is 0.396 e. The lowest BCUT2D eigenvalue weighted by molar-refractivity contribution is 0.228. The average molecular weight is 171 g/mol. The lowest BCUT2D eigenvalue weighted by atomic mass is 10.1. The van der Waals surface area contributed by atoms with Gasteiger partial charge in [-0.15, -0.1) is 0 Å². The van der Waals surface area contributed by atoms with Crippen molar-refractivity contribution in [2.24, 2.45) is 11.8 Å². The van der Waals surface area contributed by atoms with Crippen LogP contribution >= 0.6 is 0 Å². The van der Waals surface area contributed by atoms with Gasteiger partial charge in [-0.05, 0) is 50.6 Å². The van der Waals surface area contributed by atoms with E-state index in [0.717, 1.165) is 18.9 Å². The maximum atomic E-state index is 8.77. The smallest absolute Gasteiger partial charge is 0.0456 e. The lowest BCUT2D eigenvalue weighted by Crippen LogP contribution is -2.18. The first-order chi connectivity index (χ1) is 5.83. The molecule has 1 aliphatic carbocycles. The van der Waals surface area contributed by atoms with E-state index in [1.807, 2.05) is 0 Å². The molecule has 0 aromatic rings. The summed E-state index contributed by atoms with van der Waals surface area (Å²) in [7, 11) is 0. The molecule has 0 saturated heterocycles. The van der Waals surface area contributed by atoms with Gasteiger partial charge in [0.15, 0.2) is 0 Å². The van der Waals surface area contributed by atoms with Crippen molar-refractivity contribution in [3.63, 3.8) is 0 Å². The fourth-order valence-corrected chi connectivity index (χ4v) is 1.29. The molecular weight excluding hydrogens is 150 g/mol. The summed E-state index contributed by atoms with van der Waals surface area (Å²) in [5, 5.41) is 12.2. The molecule has 1 aliphatic rings. The van der Waals surface area contributed by atoms with Crippen LogP contribution in [0.2, 0.25) is 0 Å². The topological polar surface area (TPSA) is 32.3 Å². The predicted molar refractivity (Wildman–Crippen MR) is 51.1 cm³/mol. The highest BCUT2D eigenvalue weighted by Gasteiger charge is 2.19. The number of nitrogens with one attached hydrogen (secondary N) is 1. The van der Waals surface area contributed by atoms with Crippen molar-refractivity contribution >= 4 is 0 Å². The van der Waals surface area contributed by atoms with Gasteiger partial charge in [0.05, 0.1) is 0 Å². The summed E-state index contributed by atoms with van der Waals surface area (Å²) in [5.74, 6) is 1.47. The summed E-state index contributed by atoms with van der Waals surface area (Å²) in [6.45, 7) is 4.78. The van der Waals surface area contributed by atoms with Gasteiger partial charge in [0, 0.05) is 6.61 Å². The van der Waals surface area contributed by atoms with Crippen LogP contribution in [0.4, 0.5) is 0 Å². The summed E-state index contributed by atoms with van der Waals surface area (Å²) in [5.41, 5.74) is 0. The van der Waals surface area contributed by atoms with Gasteiger partial charge in [-0.1, -0.05) is 6.92 Å². The molecule has 0 aromatic carbocycles. The molecule has 2 heteroatoms. The summed E-state index contributed by atoms with van der Waals surface area (Å²) in [4.78, 5) is 0. The molecule has 72 valence electrons. The highest BCUT2D eigenvalue weighted by molar-refractivity contribution is 4.75. The molecule has 12 heavy (non-hydrogen) atoms. The second-order valence-electron chi connectivity index (χ2n) is 4.08. The first kappa shape index (κ1) is 10.0. The maximum Gasteiger partial charge on any atom is 0.0456 e. The Kier molecular flexibility index (Phi) is 4.62. The fraction of sp³-hybridized carbons (Fsp3) is 1.00. The Morgan fingerprint density at radius 1 is 1.50 bits per heavy atom. The number of hydrogen-bond acceptors (Lipinski definition) is 2. The minimum absolute atomic E-state index is 0.336. The minimum Gasteiger partial charge on any atom is -0.396 e. The van der Waals surface area contributed by atoms with Gasteiger partial charge in [0.1, 0.15) is 0 Å². The summed E-state index contributed by atoms with van der Waals surface area (Å²) < 4.78 is 0. The third-order valence-corrected chi connectivity index (χ3v) is 2.49. The van der Waals surface area contributed by atoms with E-state index in [0.29, 0.717) is 12.5 Å². The van der Waals surface area contributed by atoms with Crippen molar-refractivity contribution in [1.82, 2.24) is 5.32 Å². The van der Waals surface area contributed by atoms with Gasteiger partial charge >= 0.3 is 0 Å². The van der Waals surface area contributed by atoms with Crippen molar-refractivity contribution < 1.29 is 5.11 Å². The number of aliphatic hydroxyl groups excluding tert-OH is 1. The lowest BCUT2D eigenvalue weighted by Gasteiger charge is -2.07. The molecule has 1 unspecified atom stereocenters. The van der Waals surface area contributed by atoms with E-state index in [9.17, 15) is 0 Å². The van der Waals surface area contributed by atoms with E-state index < -0.39 is 0 Å². The van der Waals surface area contributed by atoms with Gasteiger partial charge < -0.3 is 10.4 Å². The van der Waals surface area contributed by atoms with Crippen LogP contribution in [0.1, 0.15) is 32.6 Å². The van der Waals surface area contributed by atoms with Crippen LogP contribution in [0, 0.1) is 11.8 Å². The van der Waals surface area contributed by atoms with E-state index in [-0.39, 0.29) is 0 Å². The molecule has 1 saturated carbocycles. The molecule has 1 fully saturated rings. The minimum atomic E-state index is 0.336. The number of aliphatic hydroxyl groups is 1. The maximum absolute atomic E-state index is 8.77. The van der Waals surface area contributed by atoms with Crippen molar-refractivity contribution in [3.05, 3.63) is 0 Å². The first-order valence-electron chi connectivity index (χ1n) is 5.14. The van der Waals surface area contributed by atoms with Crippen LogP contribution in [-0.4, -0.2) is 24.8 Å². The standard InChI is InChI=1S/C10H21NO/c1-9(8-12)3-2-6-11-7-10-4-5-10/h9-12H,2-8H2,1H3. The Bertz CT molecular complexity index is 112. The third-order valence-electron chi connectivity index (χ3n) is 2.49. The predicted octanol–water partition coefficient (Wildman–Crippen LogP) is 1.39. The second-order valence-corrected chi connectivity index (χ2v) is 4.08. The third kappa shape index (κ3) is 4.73. The monoisotopic (exact) mass is 171 g/mol. The van der Waals surface area contributed by atoms with Gasteiger partial charge in [-0.3, -0.25) is 0 Å². The molecule has 0 radical (unpaired) electrons. The van der Waals surface area contributed by atoms with Gasteiger partial charge in [0.25, 0.3) is 0 Å². The van der Waals surface area contributed by atoms with Crippen LogP contribution in [0.5, 0.6) is 0 Å². The molecule has 2 N–H and O–H groups in total. The first-order valence-corrected chi connectivity index (χ1v) is 5.14. The van der Waals surface area contributed by atoms with Gasteiger partial charge in [-0.25, -0.2) is 0 Å². The summed E-state index contributed by atoms with van der Waals surface area (Å²) in [6, 6.07) is 0. The van der Waals surface area contributed by atoms with Crippen molar-refractivity contribution in [2.75, 3.05) is 19.7 Å². The van der Waals surface area contributed by atoms with E-state index in [1.165, 1.54) is 25.8 Å². The fourth-order valence-electron chi connectivity index (χ4n) is 1.29. The summed E-state index contributed by atoms with van der Waals surface area (Å²) >= 11 is 0. The molecule has 2 nitrogen and oxygen atoms in total. The van der Waals surface area contributed by atoms with E-state index in [2.05, 4.69) is 12.2 Å². The molecule has 0 bridgehead atoms. The molecule has 0 spiro atoms. The molecule has 0 aromatic heterocycles. The van der Waals surface area contributed by atoms with Crippen molar-refractivity contribution in [3.8, 4) is 0 Å². The molecule has 0 amide bonds. The zero-order valence-electron chi connectivity index (χ0n) is 8.05. The van der Waals surface area contributed by atoms with Crippen LogP contribution in [-0.2, 0) is 0 Å². The highest BCUT2D eigenvalue weighted by atomic mass is 16.3. The van der Waals surface area contributed by atoms with Crippen LogP contribution in [0.3, 0.4) is 0 Å². The zero-order valence-corrected chi connectivity index (χ0v) is 8.05. The van der Waals surface area contributed by atoms with Crippen LogP contribution in [0.25, 0.3) is 0 Å². The van der Waals surface area contributed by atoms with Gasteiger partial charge in [0.2, 0.25) is 0 Å². The summed E-state index contributed by atoms with van der Waals surface area (Å²) in [6.07, 6.45) is 5.21. The second kappa shape index (κ2) is 5.55. The van der Waals surface area contributed by atoms with Crippen LogP contribution in [0.15, 0.2) is 0 Å². The Hall–Kier alpha value is -0.0800. The Morgan fingerprint density at radius 3 is 2.83 bits per heavy atom. The normalized spacial score (nSPS) is 19.5. The number of rotatable bonds is 7. The van der Waals surface area contributed by atoms with Crippen molar-refractivity contribution in [1.29, 1.82) is 0 Å². The Balaban J connectivity index is 1.75. The molecule has 0 heterocycles. The SMILES string of the molecule is CC(CO)CCCNCC1CC1. The van der Waals surface area contributed by atoms with E-state index in [1.54, 1.807) is 0 Å².